The minimum absolute atomic E-state index is 0.00532. The molecule has 110 valence electrons. The molecular formula is C15H23N3O2. The number of carbonyl (C=O) groups is 2. The second-order valence-electron chi connectivity index (χ2n) is 4.68. The van der Waals surface area contributed by atoms with Crippen LogP contribution in [0.5, 0.6) is 0 Å². The van der Waals surface area contributed by atoms with Crippen LogP contribution < -0.4 is 16.0 Å². The van der Waals surface area contributed by atoms with Gasteiger partial charge in [0.1, 0.15) is 0 Å². The monoisotopic (exact) mass is 277 g/mol. The van der Waals surface area contributed by atoms with Crippen LogP contribution in [-0.2, 0) is 9.59 Å². The van der Waals surface area contributed by atoms with Crippen LogP contribution in [0, 0.1) is 6.92 Å². The highest BCUT2D eigenvalue weighted by Gasteiger charge is 2.09. The van der Waals surface area contributed by atoms with Gasteiger partial charge in [-0.15, -0.1) is 0 Å². The van der Waals surface area contributed by atoms with E-state index in [-0.39, 0.29) is 11.8 Å². The summed E-state index contributed by atoms with van der Waals surface area (Å²) in [6.45, 7) is 4.48. The van der Waals surface area contributed by atoms with Gasteiger partial charge in [0.2, 0.25) is 11.8 Å². The first kappa shape index (κ1) is 16.2. The number of benzene rings is 1. The lowest BCUT2D eigenvalue weighted by atomic mass is 10.1. The number of rotatable bonds is 7. The third kappa shape index (κ3) is 5.01. The van der Waals surface area contributed by atoms with E-state index >= 15 is 0 Å². The van der Waals surface area contributed by atoms with E-state index in [1.54, 1.807) is 0 Å². The van der Waals surface area contributed by atoms with E-state index in [0.717, 1.165) is 23.4 Å². The van der Waals surface area contributed by atoms with Gasteiger partial charge >= 0.3 is 0 Å². The van der Waals surface area contributed by atoms with Crippen molar-refractivity contribution in [3.8, 4) is 0 Å². The lowest BCUT2D eigenvalue weighted by Crippen LogP contribution is -2.19. The topological polar surface area (TPSA) is 70.2 Å². The fraction of sp³-hybridized carbons (Fsp3) is 0.467. The van der Waals surface area contributed by atoms with E-state index in [9.17, 15) is 9.59 Å². The van der Waals surface area contributed by atoms with Crippen LogP contribution in [-0.4, -0.2) is 25.4 Å². The largest absolute Gasteiger partial charge is 0.326 e. The fourth-order valence-electron chi connectivity index (χ4n) is 1.80. The second-order valence-corrected chi connectivity index (χ2v) is 4.68. The highest BCUT2D eigenvalue weighted by Crippen LogP contribution is 2.23. The van der Waals surface area contributed by atoms with Gasteiger partial charge < -0.3 is 16.0 Å². The normalized spacial score (nSPS) is 10.2. The first-order chi connectivity index (χ1) is 9.58. The zero-order chi connectivity index (χ0) is 15.0. The molecular weight excluding hydrogens is 254 g/mol. The Hall–Kier alpha value is -1.88. The summed E-state index contributed by atoms with van der Waals surface area (Å²) in [6, 6.07) is 5.50. The summed E-state index contributed by atoms with van der Waals surface area (Å²) in [5.74, 6) is -0.0475. The summed E-state index contributed by atoms with van der Waals surface area (Å²) in [4.78, 5) is 23.4. The van der Waals surface area contributed by atoms with Gasteiger partial charge in [-0.1, -0.05) is 13.0 Å². The van der Waals surface area contributed by atoms with Crippen LogP contribution >= 0.6 is 0 Å². The molecule has 0 bridgehead atoms. The number of amides is 2. The number of hydrogen-bond donors (Lipinski definition) is 3. The van der Waals surface area contributed by atoms with Gasteiger partial charge in [-0.05, 0) is 38.1 Å². The maximum absolute atomic E-state index is 11.7. The van der Waals surface area contributed by atoms with E-state index in [0.29, 0.717) is 19.4 Å². The molecule has 0 saturated carbocycles. The molecule has 0 aliphatic carbocycles. The predicted octanol–water partition coefficient (Wildman–Crippen LogP) is 2.28. The maximum atomic E-state index is 11.7. The van der Waals surface area contributed by atoms with Crippen molar-refractivity contribution in [1.82, 2.24) is 5.32 Å². The molecule has 0 saturated heterocycles. The smallest absolute Gasteiger partial charge is 0.225 e. The number of nitrogens with one attached hydrogen (secondary N) is 3. The molecule has 0 spiro atoms. The van der Waals surface area contributed by atoms with Crippen molar-refractivity contribution in [3.05, 3.63) is 23.8 Å². The van der Waals surface area contributed by atoms with E-state index in [1.807, 2.05) is 39.1 Å². The molecule has 5 heteroatoms. The van der Waals surface area contributed by atoms with Crippen molar-refractivity contribution >= 4 is 23.2 Å². The van der Waals surface area contributed by atoms with Gasteiger partial charge in [-0.3, -0.25) is 9.59 Å². The Morgan fingerprint density at radius 3 is 2.10 bits per heavy atom. The summed E-state index contributed by atoms with van der Waals surface area (Å²) in [6.07, 6.45) is 1.73. The zero-order valence-corrected chi connectivity index (χ0v) is 12.4. The molecule has 1 aromatic rings. The van der Waals surface area contributed by atoms with E-state index in [1.165, 1.54) is 0 Å². The Morgan fingerprint density at radius 2 is 1.60 bits per heavy atom. The SMILES string of the molecule is CCCC(=O)Nc1cccc(NC(=O)CCNC)c1C. The minimum Gasteiger partial charge on any atom is -0.326 e. The Bertz CT molecular complexity index is 472. The second kappa shape index (κ2) is 8.32. The highest BCUT2D eigenvalue weighted by molar-refractivity contribution is 5.95. The predicted molar refractivity (Wildman–Crippen MR) is 81.9 cm³/mol. The molecule has 0 unspecified atom stereocenters. The summed E-state index contributed by atoms with van der Waals surface area (Å²) in [5.41, 5.74) is 2.35. The van der Waals surface area contributed by atoms with Crippen LogP contribution in [0.1, 0.15) is 31.7 Å². The average Bonchev–Trinajstić information content (AvgIpc) is 2.41. The number of hydrogen-bond acceptors (Lipinski definition) is 3. The Labute approximate surface area is 120 Å². The molecule has 0 radical (unpaired) electrons. The van der Waals surface area contributed by atoms with Crippen LogP contribution in [0.25, 0.3) is 0 Å². The fourth-order valence-corrected chi connectivity index (χ4v) is 1.80. The molecule has 0 aliphatic heterocycles. The van der Waals surface area contributed by atoms with Gasteiger partial charge in [0.05, 0.1) is 0 Å². The van der Waals surface area contributed by atoms with E-state index in [2.05, 4.69) is 16.0 Å². The maximum Gasteiger partial charge on any atom is 0.225 e. The van der Waals surface area contributed by atoms with Crippen LogP contribution in [0.4, 0.5) is 11.4 Å². The van der Waals surface area contributed by atoms with Crippen LogP contribution in [0.2, 0.25) is 0 Å². The standard InChI is InChI=1S/C15H23N3O2/c1-4-6-14(19)17-12-7-5-8-13(11(12)2)18-15(20)9-10-16-3/h5,7-8,16H,4,6,9-10H2,1-3H3,(H,17,19)(H,18,20). The first-order valence-corrected chi connectivity index (χ1v) is 6.92. The van der Waals surface area contributed by atoms with Gasteiger partial charge in [-0.2, -0.15) is 0 Å². The van der Waals surface area contributed by atoms with Crippen LogP contribution in [0.3, 0.4) is 0 Å². The lowest BCUT2D eigenvalue weighted by molar-refractivity contribution is -0.116. The molecule has 0 aliphatic rings. The van der Waals surface area contributed by atoms with Crippen molar-refractivity contribution in [2.75, 3.05) is 24.2 Å². The Morgan fingerprint density at radius 1 is 1.05 bits per heavy atom. The quantitative estimate of drug-likeness (QED) is 0.716. The van der Waals surface area contributed by atoms with Crippen molar-refractivity contribution in [2.45, 2.75) is 33.1 Å². The van der Waals surface area contributed by atoms with Crippen molar-refractivity contribution in [1.29, 1.82) is 0 Å². The van der Waals surface area contributed by atoms with Gasteiger partial charge in [-0.25, -0.2) is 0 Å². The highest BCUT2D eigenvalue weighted by atomic mass is 16.2. The van der Waals surface area contributed by atoms with Gasteiger partial charge in [0, 0.05) is 30.8 Å². The molecule has 1 rings (SSSR count). The molecule has 0 atom stereocenters. The van der Waals surface area contributed by atoms with Crippen molar-refractivity contribution in [2.24, 2.45) is 0 Å². The Kier molecular flexibility index (Phi) is 6.73. The zero-order valence-electron chi connectivity index (χ0n) is 12.4. The lowest BCUT2D eigenvalue weighted by Gasteiger charge is -2.13. The summed E-state index contributed by atoms with van der Waals surface area (Å²) < 4.78 is 0. The third-order valence-corrected chi connectivity index (χ3v) is 2.96. The Balaban J connectivity index is 2.74. The van der Waals surface area contributed by atoms with Crippen LogP contribution in [0.15, 0.2) is 18.2 Å². The van der Waals surface area contributed by atoms with Crippen molar-refractivity contribution < 1.29 is 9.59 Å². The third-order valence-electron chi connectivity index (χ3n) is 2.96. The molecule has 0 fully saturated rings. The number of anilines is 2. The van der Waals surface area contributed by atoms with E-state index < -0.39 is 0 Å². The molecule has 0 heterocycles. The van der Waals surface area contributed by atoms with E-state index in [4.69, 9.17) is 0 Å². The molecule has 2 amide bonds. The summed E-state index contributed by atoms with van der Waals surface area (Å²) in [5, 5.41) is 8.66. The first-order valence-electron chi connectivity index (χ1n) is 6.92. The van der Waals surface area contributed by atoms with Gasteiger partial charge in [0.15, 0.2) is 0 Å². The summed E-state index contributed by atoms with van der Waals surface area (Å²) in [7, 11) is 1.81. The number of carbonyl (C=O) groups excluding carboxylic acids is 2. The molecule has 0 aromatic heterocycles. The molecule has 20 heavy (non-hydrogen) atoms. The minimum atomic E-state index is -0.0421. The molecule has 1 aromatic carbocycles. The molecule has 5 nitrogen and oxygen atoms in total. The molecule has 3 N–H and O–H groups in total. The summed E-state index contributed by atoms with van der Waals surface area (Å²) >= 11 is 0. The van der Waals surface area contributed by atoms with Crippen molar-refractivity contribution in [3.63, 3.8) is 0 Å². The average molecular weight is 277 g/mol. The van der Waals surface area contributed by atoms with Gasteiger partial charge in [0.25, 0.3) is 0 Å².